The minimum absolute atomic E-state index is 0.222. The van der Waals surface area contributed by atoms with Gasteiger partial charge >= 0.3 is 12.1 Å². The van der Waals surface area contributed by atoms with Crippen LogP contribution >= 0.6 is 11.8 Å². The zero-order valence-corrected chi connectivity index (χ0v) is 13.4. The Hall–Kier alpha value is -2.54. The van der Waals surface area contributed by atoms with Crippen molar-refractivity contribution in [3.8, 4) is 17.5 Å². The molecule has 1 aliphatic rings. The Balaban J connectivity index is 1.75. The number of aromatic nitrogens is 2. The van der Waals surface area contributed by atoms with Crippen LogP contribution in [0.15, 0.2) is 28.8 Å². The number of hydrogen-bond acceptors (Lipinski definition) is 6. The monoisotopic (exact) mass is 368 g/mol. The van der Waals surface area contributed by atoms with Gasteiger partial charge < -0.3 is 9.84 Å². The van der Waals surface area contributed by atoms with E-state index in [2.05, 4.69) is 26.0 Å². The molecule has 0 radical (unpaired) electrons. The molecule has 1 aliphatic heterocycles. The van der Waals surface area contributed by atoms with E-state index in [1.807, 2.05) is 0 Å². The summed E-state index contributed by atoms with van der Waals surface area (Å²) >= 11 is 1.59. The van der Waals surface area contributed by atoms with Crippen LogP contribution in [0.5, 0.6) is 0 Å². The van der Waals surface area contributed by atoms with Crippen LogP contribution in [0.1, 0.15) is 22.7 Å². The van der Waals surface area contributed by atoms with Gasteiger partial charge in [0.05, 0.1) is 6.07 Å². The molecule has 1 aromatic carbocycles. The first-order valence-corrected chi connectivity index (χ1v) is 8.31. The minimum atomic E-state index is -4.71. The quantitative estimate of drug-likeness (QED) is 0.896. The molecule has 1 saturated heterocycles. The van der Waals surface area contributed by atoms with Crippen molar-refractivity contribution in [3.05, 3.63) is 35.7 Å². The highest BCUT2D eigenvalue weighted by atomic mass is 32.2. The van der Waals surface area contributed by atoms with Gasteiger partial charge in [-0.3, -0.25) is 4.79 Å². The van der Waals surface area contributed by atoms with Gasteiger partial charge in [0.2, 0.25) is 5.82 Å². The molecular formula is C15H11F3N4O2S. The van der Waals surface area contributed by atoms with Gasteiger partial charge in [-0.2, -0.15) is 35.2 Å². The predicted molar refractivity (Wildman–Crippen MR) is 82.5 cm³/mol. The number of rotatable bonds is 3. The van der Waals surface area contributed by atoms with Crippen molar-refractivity contribution in [2.45, 2.75) is 18.1 Å². The maximum atomic E-state index is 12.5. The van der Waals surface area contributed by atoms with Crippen molar-refractivity contribution in [2.24, 2.45) is 0 Å². The number of carbonyl (C=O) groups is 1. The number of carbonyl (C=O) groups excluding carboxylic acids is 1. The Labute approximate surface area is 144 Å². The lowest BCUT2D eigenvalue weighted by Crippen LogP contribution is -2.47. The standard InChI is InChI=1S/C15H11F3N4O2S/c16-15(17,18)13-20-11(22-24-13)9-1-3-10(4-2-9)12(23)21-14(7-19)5-6-25-8-14/h1-4H,5-6,8H2,(H,21,23)/t14-/m0/s1. The summed E-state index contributed by atoms with van der Waals surface area (Å²) in [5, 5.41) is 15.3. The predicted octanol–water partition coefficient (Wildman–Crippen LogP) is 2.88. The van der Waals surface area contributed by atoms with Crippen LogP contribution in [0.25, 0.3) is 11.4 Å². The number of nitriles is 1. The molecule has 10 heteroatoms. The third-order valence-corrected chi connectivity index (χ3v) is 4.85. The maximum absolute atomic E-state index is 12.5. The molecule has 3 rings (SSSR count). The van der Waals surface area contributed by atoms with Gasteiger partial charge in [0, 0.05) is 16.9 Å². The lowest BCUT2D eigenvalue weighted by Gasteiger charge is -2.21. The number of halogens is 3. The highest BCUT2D eigenvalue weighted by Crippen LogP contribution is 2.30. The van der Waals surface area contributed by atoms with E-state index in [-0.39, 0.29) is 17.0 Å². The van der Waals surface area contributed by atoms with Crippen molar-refractivity contribution in [3.63, 3.8) is 0 Å². The summed E-state index contributed by atoms with van der Waals surface area (Å²) < 4.78 is 41.6. The Morgan fingerprint density at radius 3 is 2.60 bits per heavy atom. The lowest BCUT2D eigenvalue weighted by molar-refractivity contribution is -0.159. The van der Waals surface area contributed by atoms with Gasteiger partial charge in [0.25, 0.3) is 5.91 Å². The molecule has 1 aromatic heterocycles. The SMILES string of the molecule is N#C[C@@]1(NC(=O)c2ccc(-c3noc(C(F)(F)F)n3)cc2)CCSC1. The number of alkyl halides is 3. The summed E-state index contributed by atoms with van der Waals surface area (Å²) in [5.74, 6) is -0.749. The highest BCUT2D eigenvalue weighted by Gasteiger charge is 2.38. The van der Waals surface area contributed by atoms with E-state index < -0.39 is 23.5 Å². The average Bonchev–Trinajstić information content (AvgIpc) is 3.24. The molecule has 1 N–H and O–H groups in total. The number of thioether (sulfide) groups is 1. The number of amides is 1. The summed E-state index contributed by atoms with van der Waals surface area (Å²) in [6.07, 6.45) is -4.14. The van der Waals surface area contributed by atoms with Gasteiger partial charge in [-0.15, -0.1) is 0 Å². The number of nitrogens with one attached hydrogen (secondary N) is 1. The normalized spacial score (nSPS) is 20.2. The smallest absolute Gasteiger partial charge is 0.333 e. The molecule has 0 unspecified atom stereocenters. The van der Waals surface area contributed by atoms with E-state index in [1.54, 1.807) is 11.8 Å². The third kappa shape index (κ3) is 3.61. The van der Waals surface area contributed by atoms with E-state index >= 15 is 0 Å². The van der Waals surface area contributed by atoms with Gasteiger partial charge in [-0.05, 0) is 24.3 Å². The second-order valence-electron chi connectivity index (χ2n) is 5.45. The summed E-state index contributed by atoms with van der Waals surface area (Å²) in [6, 6.07) is 7.84. The molecule has 2 aromatic rings. The molecule has 1 atom stereocenters. The molecule has 25 heavy (non-hydrogen) atoms. The zero-order valence-electron chi connectivity index (χ0n) is 12.6. The Bertz CT molecular complexity index is 821. The van der Waals surface area contributed by atoms with Crippen LogP contribution < -0.4 is 5.32 Å². The summed E-state index contributed by atoms with van der Waals surface area (Å²) in [5.41, 5.74) is -0.313. The first-order valence-electron chi connectivity index (χ1n) is 7.16. The fourth-order valence-corrected chi connectivity index (χ4v) is 3.56. The first-order chi connectivity index (χ1) is 11.8. The van der Waals surface area contributed by atoms with Crippen LogP contribution in [-0.2, 0) is 6.18 Å². The minimum Gasteiger partial charge on any atom is -0.333 e. The highest BCUT2D eigenvalue weighted by molar-refractivity contribution is 7.99. The second kappa shape index (κ2) is 6.40. The lowest BCUT2D eigenvalue weighted by atomic mass is 10.0. The van der Waals surface area contributed by atoms with Crippen molar-refractivity contribution in [1.29, 1.82) is 5.26 Å². The van der Waals surface area contributed by atoms with Crippen molar-refractivity contribution < 1.29 is 22.5 Å². The molecule has 0 aliphatic carbocycles. The van der Waals surface area contributed by atoms with Gasteiger partial charge in [-0.25, -0.2) is 0 Å². The van der Waals surface area contributed by atoms with E-state index in [0.29, 0.717) is 12.2 Å². The van der Waals surface area contributed by atoms with E-state index in [9.17, 15) is 23.2 Å². The number of nitrogens with zero attached hydrogens (tertiary/aromatic N) is 3. The molecule has 0 bridgehead atoms. The van der Waals surface area contributed by atoms with Crippen LogP contribution in [0.4, 0.5) is 13.2 Å². The third-order valence-electron chi connectivity index (χ3n) is 3.66. The fourth-order valence-electron chi connectivity index (χ4n) is 2.30. The molecule has 2 heterocycles. The Kier molecular flexibility index (Phi) is 4.43. The van der Waals surface area contributed by atoms with Crippen molar-refractivity contribution >= 4 is 17.7 Å². The van der Waals surface area contributed by atoms with E-state index in [0.717, 1.165) is 5.75 Å². The molecule has 0 spiro atoms. The fraction of sp³-hybridized carbons (Fsp3) is 0.333. The van der Waals surface area contributed by atoms with E-state index in [4.69, 9.17) is 0 Å². The Morgan fingerprint density at radius 1 is 1.36 bits per heavy atom. The number of hydrogen-bond donors (Lipinski definition) is 1. The molecule has 6 nitrogen and oxygen atoms in total. The van der Waals surface area contributed by atoms with Crippen LogP contribution in [-0.4, -0.2) is 33.1 Å². The largest absolute Gasteiger partial charge is 0.471 e. The molecule has 1 fully saturated rings. The topological polar surface area (TPSA) is 91.8 Å². The zero-order chi connectivity index (χ0) is 18.1. The summed E-state index contributed by atoms with van der Waals surface area (Å²) in [6.45, 7) is 0. The molecule has 1 amide bonds. The molecule has 0 saturated carbocycles. The first kappa shape index (κ1) is 17.3. The summed E-state index contributed by atoms with van der Waals surface area (Å²) in [4.78, 5) is 15.6. The summed E-state index contributed by atoms with van der Waals surface area (Å²) in [7, 11) is 0. The second-order valence-corrected chi connectivity index (χ2v) is 6.55. The number of benzene rings is 1. The van der Waals surface area contributed by atoms with Gasteiger partial charge in [-0.1, -0.05) is 17.3 Å². The Morgan fingerprint density at radius 2 is 2.08 bits per heavy atom. The molecular weight excluding hydrogens is 357 g/mol. The van der Waals surface area contributed by atoms with Gasteiger partial charge in [0.15, 0.2) is 0 Å². The van der Waals surface area contributed by atoms with Crippen LogP contribution in [0.2, 0.25) is 0 Å². The van der Waals surface area contributed by atoms with Crippen molar-refractivity contribution in [1.82, 2.24) is 15.5 Å². The maximum Gasteiger partial charge on any atom is 0.471 e. The molecule has 130 valence electrons. The van der Waals surface area contributed by atoms with Gasteiger partial charge in [0.1, 0.15) is 5.54 Å². The average molecular weight is 368 g/mol. The van der Waals surface area contributed by atoms with Crippen LogP contribution in [0, 0.1) is 11.3 Å². The van der Waals surface area contributed by atoms with Crippen molar-refractivity contribution in [2.75, 3.05) is 11.5 Å². The van der Waals surface area contributed by atoms with E-state index in [1.165, 1.54) is 24.3 Å². The van der Waals surface area contributed by atoms with Crippen LogP contribution in [0.3, 0.4) is 0 Å².